The molecule has 92 valence electrons. The predicted octanol–water partition coefficient (Wildman–Crippen LogP) is 1.32. The van der Waals surface area contributed by atoms with E-state index in [0.29, 0.717) is 5.75 Å². The Kier molecular flexibility index (Phi) is 2.79. The smallest absolute Gasteiger partial charge is 0.231 e. The maximum Gasteiger partial charge on any atom is 0.231 e. The van der Waals surface area contributed by atoms with Crippen molar-refractivity contribution in [3.8, 4) is 0 Å². The lowest BCUT2D eigenvalue weighted by molar-refractivity contribution is -0.125. The number of para-hydroxylation sites is 2. The third kappa shape index (κ3) is 2.11. The number of amides is 2. The highest BCUT2D eigenvalue weighted by Crippen LogP contribution is 2.24. The number of fused-ring (bicyclic) bond motifs is 1. The van der Waals surface area contributed by atoms with E-state index < -0.39 is 0 Å². The summed E-state index contributed by atoms with van der Waals surface area (Å²) < 4.78 is 0. The Balaban J connectivity index is 1.69. The number of thioether (sulfide) groups is 1. The number of carbonyl (C=O) groups excluding carboxylic acids is 2. The molecule has 5 nitrogen and oxygen atoms in total. The number of benzene rings is 1. The van der Waals surface area contributed by atoms with Gasteiger partial charge in [0.05, 0.1) is 17.0 Å². The highest BCUT2D eigenvalue weighted by atomic mass is 32.2. The third-order valence-electron chi connectivity index (χ3n) is 2.85. The molecule has 0 bridgehead atoms. The van der Waals surface area contributed by atoms with Gasteiger partial charge in [-0.3, -0.25) is 14.9 Å². The zero-order chi connectivity index (χ0) is 12.5. The molecular formula is C12H11N3O2S. The van der Waals surface area contributed by atoms with Crippen molar-refractivity contribution in [3.63, 3.8) is 0 Å². The Morgan fingerprint density at radius 3 is 2.89 bits per heavy atom. The molecule has 0 radical (unpaired) electrons. The van der Waals surface area contributed by atoms with Crippen molar-refractivity contribution in [2.45, 2.75) is 11.6 Å². The van der Waals surface area contributed by atoms with Crippen LogP contribution in [-0.4, -0.2) is 27.5 Å². The second kappa shape index (κ2) is 4.45. The SMILES string of the molecule is O=C1CC(CSc2nc3ccccc3[nH]2)C(=O)N1. The van der Waals surface area contributed by atoms with Crippen LogP contribution in [0.15, 0.2) is 29.4 Å². The van der Waals surface area contributed by atoms with Crippen LogP contribution < -0.4 is 5.32 Å². The lowest BCUT2D eigenvalue weighted by Gasteiger charge is -2.02. The van der Waals surface area contributed by atoms with Gasteiger partial charge >= 0.3 is 0 Å². The number of aromatic nitrogens is 2. The monoisotopic (exact) mass is 261 g/mol. The average molecular weight is 261 g/mol. The molecule has 3 rings (SSSR count). The molecule has 0 spiro atoms. The van der Waals surface area contributed by atoms with Crippen LogP contribution in [0, 0.1) is 5.92 Å². The zero-order valence-corrected chi connectivity index (χ0v) is 10.3. The number of imide groups is 1. The number of rotatable bonds is 3. The molecule has 1 atom stereocenters. The molecule has 2 aromatic rings. The van der Waals surface area contributed by atoms with Crippen molar-refractivity contribution in [1.82, 2.24) is 15.3 Å². The highest BCUT2D eigenvalue weighted by molar-refractivity contribution is 7.99. The van der Waals surface area contributed by atoms with Crippen molar-refractivity contribution in [2.75, 3.05) is 5.75 Å². The molecule has 1 aliphatic rings. The van der Waals surface area contributed by atoms with Crippen LogP contribution in [0.25, 0.3) is 11.0 Å². The van der Waals surface area contributed by atoms with E-state index in [1.807, 2.05) is 24.3 Å². The van der Waals surface area contributed by atoms with Gasteiger partial charge in [-0.05, 0) is 12.1 Å². The zero-order valence-electron chi connectivity index (χ0n) is 9.47. The second-order valence-electron chi connectivity index (χ2n) is 4.18. The maximum atomic E-state index is 11.4. The fraction of sp³-hybridized carbons (Fsp3) is 0.250. The number of H-pyrrole nitrogens is 1. The van der Waals surface area contributed by atoms with Crippen LogP contribution in [0.5, 0.6) is 0 Å². The molecule has 1 saturated heterocycles. The molecule has 2 amide bonds. The molecule has 18 heavy (non-hydrogen) atoms. The molecule has 1 aromatic heterocycles. The lowest BCUT2D eigenvalue weighted by atomic mass is 10.1. The Morgan fingerprint density at radius 1 is 1.33 bits per heavy atom. The number of carbonyl (C=O) groups is 2. The minimum atomic E-state index is -0.240. The van der Waals surface area contributed by atoms with E-state index in [1.165, 1.54) is 11.8 Å². The van der Waals surface area contributed by atoms with Gasteiger partial charge in [0.15, 0.2) is 5.16 Å². The first-order valence-electron chi connectivity index (χ1n) is 5.63. The molecule has 0 saturated carbocycles. The van der Waals surface area contributed by atoms with Crippen molar-refractivity contribution in [3.05, 3.63) is 24.3 Å². The van der Waals surface area contributed by atoms with E-state index in [9.17, 15) is 9.59 Å². The lowest BCUT2D eigenvalue weighted by Crippen LogP contribution is -2.22. The summed E-state index contributed by atoms with van der Waals surface area (Å²) in [6.45, 7) is 0. The summed E-state index contributed by atoms with van der Waals surface area (Å²) in [6, 6.07) is 7.76. The maximum absolute atomic E-state index is 11.4. The first-order valence-corrected chi connectivity index (χ1v) is 6.62. The molecule has 2 N–H and O–H groups in total. The number of aromatic amines is 1. The van der Waals surface area contributed by atoms with Crippen molar-refractivity contribution < 1.29 is 9.59 Å². The van der Waals surface area contributed by atoms with Crippen molar-refractivity contribution in [2.24, 2.45) is 5.92 Å². The summed E-state index contributed by atoms with van der Waals surface area (Å²) in [4.78, 5) is 30.0. The van der Waals surface area contributed by atoms with Gasteiger partial charge in [-0.1, -0.05) is 23.9 Å². The van der Waals surface area contributed by atoms with Gasteiger partial charge in [0, 0.05) is 12.2 Å². The van der Waals surface area contributed by atoms with Crippen LogP contribution in [0.1, 0.15) is 6.42 Å². The molecular weight excluding hydrogens is 250 g/mol. The summed E-state index contributed by atoms with van der Waals surface area (Å²) in [5.41, 5.74) is 1.89. The normalized spacial score (nSPS) is 19.4. The molecule has 2 heterocycles. The van der Waals surface area contributed by atoms with Crippen LogP contribution in [0.3, 0.4) is 0 Å². The number of imidazole rings is 1. The summed E-state index contributed by atoms with van der Waals surface area (Å²) >= 11 is 1.47. The van der Waals surface area contributed by atoms with Gasteiger partial charge < -0.3 is 4.98 Å². The fourth-order valence-electron chi connectivity index (χ4n) is 1.92. The van der Waals surface area contributed by atoms with Crippen LogP contribution >= 0.6 is 11.8 Å². The number of nitrogens with zero attached hydrogens (tertiary/aromatic N) is 1. The topological polar surface area (TPSA) is 74.8 Å². The van der Waals surface area contributed by atoms with Gasteiger partial charge in [-0.25, -0.2) is 4.98 Å². The van der Waals surface area contributed by atoms with E-state index in [-0.39, 0.29) is 24.2 Å². The highest BCUT2D eigenvalue weighted by Gasteiger charge is 2.30. The summed E-state index contributed by atoms with van der Waals surface area (Å²) in [6.07, 6.45) is 0.284. The molecule has 1 fully saturated rings. The first kappa shape index (κ1) is 11.3. The summed E-state index contributed by atoms with van der Waals surface area (Å²) in [7, 11) is 0. The summed E-state index contributed by atoms with van der Waals surface area (Å²) in [5, 5.41) is 3.09. The standard InChI is InChI=1S/C12H11N3O2S/c16-10-5-7(11(17)15-10)6-18-12-13-8-3-1-2-4-9(8)14-12/h1-4,7H,5-6H2,(H,13,14)(H,15,16,17). The average Bonchev–Trinajstić information content (AvgIpc) is 2.89. The van der Waals surface area contributed by atoms with Crippen LogP contribution in [0.2, 0.25) is 0 Å². The third-order valence-corrected chi connectivity index (χ3v) is 3.89. The largest absolute Gasteiger partial charge is 0.333 e. The van der Waals surface area contributed by atoms with E-state index in [2.05, 4.69) is 15.3 Å². The van der Waals surface area contributed by atoms with Gasteiger partial charge in [0.1, 0.15) is 0 Å². The van der Waals surface area contributed by atoms with Crippen molar-refractivity contribution in [1.29, 1.82) is 0 Å². The predicted molar refractivity (Wildman–Crippen MR) is 68.1 cm³/mol. The van der Waals surface area contributed by atoms with Crippen LogP contribution in [0.4, 0.5) is 0 Å². The van der Waals surface area contributed by atoms with E-state index >= 15 is 0 Å². The van der Waals surface area contributed by atoms with Gasteiger partial charge in [-0.2, -0.15) is 0 Å². The Morgan fingerprint density at radius 2 is 2.17 bits per heavy atom. The number of hydrogen-bond donors (Lipinski definition) is 2. The van der Waals surface area contributed by atoms with Gasteiger partial charge in [0.2, 0.25) is 11.8 Å². The number of nitrogens with one attached hydrogen (secondary N) is 2. The Labute approximate surface area is 107 Å². The van der Waals surface area contributed by atoms with Gasteiger partial charge in [0.25, 0.3) is 0 Å². The van der Waals surface area contributed by atoms with Gasteiger partial charge in [-0.15, -0.1) is 0 Å². The van der Waals surface area contributed by atoms with Crippen molar-refractivity contribution >= 4 is 34.6 Å². The minimum absolute atomic E-state index is 0.177. The van der Waals surface area contributed by atoms with E-state index in [1.54, 1.807) is 0 Å². The minimum Gasteiger partial charge on any atom is -0.333 e. The number of hydrogen-bond acceptors (Lipinski definition) is 4. The fourth-order valence-corrected chi connectivity index (χ4v) is 2.89. The molecule has 1 unspecified atom stereocenters. The molecule has 1 aliphatic heterocycles. The Hall–Kier alpha value is -1.82. The summed E-state index contributed by atoms with van der Waals surface area (Å²) in [5.74, 6) is -0.0354. The first-order chi connectivity index (χ1) is 8.72. The molecule has 6 heteroatoms. The molecule has 0 aliphatic carbocycles. The quantitative estimate of drug-likeness (QED) is 0.645. The van der Waals surface area contributed by atoms with E-state index in [4.69, 9.17) is 0 Å². The van der Waals surface area contributed by atoms with E-state index in [0.717, 1.165) is 16.2 Å². The second-order valence-corrected chi connectivity index (χ2v) is 5.19. The van der Waals surface area contributed by atoms with Crippen LogP contribution in [-0.2, 0) is 9.59 Å². The molecule has 1 aromatic carbocycles. The Bertz CT molecular complexity index is 590.